The van der Waals surface area contributed by atoms with E-state index < -0.39 is 5.60 Å². The van der Waals surface area contributed by atoms with Crippen LogP contribution in [0.2, 0.25) is 0 Å². The fourth-order valence-electron chi connectivity index (χ4n) is 2.78. The van der Waals surface area contributed by atoms with Gasteiger partial charge >= 0.3 is 0 Å². The number of hydrogen-bond donors (Lipinski definition) is 1. The monoisotopic (exact) mass is 339 g/mol. The van der Waals surface area contributed by atoms with Gasteiger partial charge in [-0.3, -0.25) is 4.98 Å². The summed E-state index contributed by atoms with van der Waals surface area (Å²) in [7, 11) is 0. The predicted molar refractivity (Wildman–Crippen MR) is 108 cm³/mol. The van der Waals surface area contributed by atoms with Crippen LogP contribution in [0.5, 0.6) is 0 Å². The highest BCUT2D eigenvalue weighted by atomic mass is 16.3. The van der Waals surface area contributed by atoms with Crippen LogP contribution < -0.4 is 0 Å². The minimum Gasteiger partial charge on any atom is -0.380 e. The number of aromatic nitrogens is 1. The van der Waals surface area contributed by atoms with E-state index in [9.17, 15) is 5.11 Å². The molecule has 1 aromatic heterocycles. The number of pyridine rings is 1. The summed E-state index contributed by atoms with van der Waals surface area (Å²) in [6, 6.07) is 12.1. The Balaban J connectivity index is 0.000000567. The van der Waals surface area contributed by atoms with Crippen molar-refractivity contribution < 1.29 is 5.11 Å². The van der Waals surface area contributed by atoms with Crippen molar-refractivity contribution in [2.45, 2.75) is 59.0 Å². The summed E-state index contributed by atoms with van der Waals surface area (Å²) >= 11 is 0. The Morgan fingerprint density at radius 3 is 2.36 bits per heavy atom. The van der Waals surface area contributed by atoms with Crippen LogP contribution in [0.15, 0.2) is 61.4 Å². The fraction of sp³-hybridized carbons (Fsp3) is 0.435. The minimum absolute atomic E-state index is 0.771. The molecular weight excluding hydrogens is 306 g/mol. The third-order valence-corrected chi connectivity index (χ3v) is 4.25. The standard InChI is InChI=1S/C18H21NO.C3H6.C2H6/c1-14-4-2-5-16(12-14)18(20,10-9-15-7-8-15)17-6-3-11-19-13-17;1-3-2;1-2/h2-6,11-13,15,20H,7-10H2,1H3;3H,1H2,2H3;1-2H3. The zero-order valence-electron chi connectivity index (χ0n) is 16.2. The summed E-state index contributed by atoms with van der Waals surface area (Å²) in [5.41, 5.74) is 2.14. The molecule has 0 spiro atoms. The van der Waals surface area contributed by atoms with E-state index in [2.05, 4.69) is 30.6 Å². The molecule has 1 heterocycles. The molecular formula is C23H33NO. The van der Waals surface area contributed by atoms with Gasteiger partial charge in [0.15, 0.2) is 0 Å². The van der Waals surface area contributed by atoms with Crippen molar-refractivity contribution >= 4 is 0 Å². The van der Waals surface area contributed by atoms with Crippen molar-refractivity contribution in [1.29, 1.82) is 0 Å². The maximum Gasteiger partial charge on any atom is 0.116 e. The molecule has 1 fully saturated rings. The highest BCUT2D eigenvalue weighted by Crippen LogP contribution is 2.40. The maximum atomic E-state index is 11.3. The van der Waals surface area contributed by atoms with E-state index in [1.54, 1.807) is 18.5 Å². The molecule has 3 rings (SSSR count). The van der Waals surface area contributed by atoms with Gasteiger partial charge in [0.05, 0.1) is 0 Å². The summed E-state index contributed by atoms with van der Waals surface area (Å²) in [6.45, 7) is 11.3. The van der Waals surface area contributed by atoms with Gasteiger partial charge in [0.2, 0.25) is 0 Å². The van der Waals surface area contributed by atoms with Crippen LogP contribution in [-0.2, 0) is 5.60 Å². The van der Waals surface area contributed by atoms with E-state index in [0.29, 0.717) is 0 Å². The highest BCUT2D eigenvalue weighted by Gasteiger charge is 2.34. The van der Waals surface area contributed by atoms with Gasteiger partial charge in [0.25, 0.3) is 0 Å². The second kappa shape index (κ2) is 10.8. The molecule has 1 atom stereocenters. The molecule has 0 bridgehead atoms. The summed E-state index contributed by atoms with van der Waals surface area (Å²) in [6.07, 6.45) is 9.77. The van der Waals surface area contributed by atoms with Crippen LogP contribution in [-0.4, -0.2) is 10.1 Å². The lowest BCUT2D eigenvalue weighted by molar-refractivity contribution is 0.0666. The van der Waals surface area contributed by atoms with E-state index in [4.69, 9.17) is 0 Å². The molecule has 1 saturated carbocycles. The summed E-state index contributed by atoms with van der Waals surface area (Å²) < 4.78 is 0. The van der Waals surface area contributed by atoms with Crippen LogP contribution in [0.1, 0.15) is 63.1 Å². The average molecular weight is 340 g/mol. The Morgan fingerprint density at radius 1 is 1.20 bits per heavy atom. The van der Waals surface area contributed by atoms with Crippen LogP contribution in [0.3, 0.4) is 0 Å². The van der Waals surface area contributed by atoms with Crippen LogP contribution >= 0.6 is 0 Å². The molecule has 1 unspecified atom stereocenters. The topological polar surface area (TPSA) is 33.1 Å². The first-order chi connectivity index (χ1) is 12.1. The van der Waals surface area contributed by atoms with E-state index in [1.807, 2.05) is 45.0 Å². The highest BCUT2D eigenvalue weighted by molar-refractivity contribution is 5.36. The van der Waals surface area contributed by atoms with Crippen molar-refractivity contribution in [2.75, 3.05) is 0 Å². The van der Waals surface area contributed by atoms with E-state index >= 15 is 0 Å². The quantitative estimate of drug-likeness (QED) is 0.674. The first-order valence-electron chi connectivity index (χ1n) is 9.37. The second-order valence-corrected chi connectivity index (χ2v) is 6.36. The molecule has 0 radical (unpaired) electrons. The maximum absolute atomic E-state index is 11.3. The number of hydrogen-bond acceptors (Lipinski definition) is 2. The molecule has 1 aromatic carbocycles. The smallest absolute Gasteiger partial charge is 0.116 e. The number of aliphatic hydroxyl groups is 1. The van der Waals surface area contributed by atoms with Gasteiger partial charge in [-0.15, -0.1) is 6.58 Å². The predicted octanol–water partition coefficient (Wildman–Crippen LogP) is 6.03. The molecule has 25 heavy (non-hydrogen) atoms. The first kappa shape index (κ1) is 21.1. The van der Waals surface area contributed by atoms with Crippen molar-refractivity contribution in [1.82, 2.24) is 4.98 Å². The lowest BCUT2D eigenvalue weighted by atomic mass is 9.82. The van der Waals surface area contributed by atoms with Crippen molar-refractivity contribution in [3.05, 3.63) is 78.1 Å². The third kappa shape index (κ3) is 6.47. The zero-order chi connectivity index (χ0) is 18.7. The number of rotatable bonds is 5. The van der Waals surface area contributed by atoms with Crippen molar-refractivity contribution in [2.24, 2.45) is 5.92 Å². The molecule has 0 aliphatic heterocycles. The van der Waals surface area contributed by atoms with Gasteiger partial charge < -0.3 is 5.11 Å². The van der Waals surface area contributed by atoms with Gasteiger partial charge in [-0.05, 0) is 44.2 Å². The lowest BCUT2D eigenvalue weighted by Gasteiger charge is -2.29. The van der Waals surface area contributed by atoms with Gasteiger partial charge in [-0.1, -0.05) is 68.7 Å². The summed E-state index contributed by atoms with van der Waals surface area (Å²) in [4.78, 5) is 4.18. The third-order valence-electron chi connectivity index (χ3n) is 4.25. The molecule has 1 N–H and O–H groups in total. The molecule has 0 amide bonds. The van der Waals surface area contributed by atoms with Crippen LogP contribution in [0.4, 0.5) is 0 Å². The first-order valence-corrected chi connectivity index (χ1v) is 9.37. The van der Waals surface area contributed by atoms with Gasteiger partial charge in [0.1, 0.15) is 5.60 Å². The number of aryl methyl sites for hydroxylation is 1. The summed E-state index contributed by atoms with van der Waals surface area (Å²) in [5.74, 6) is 0.808. The molecule has 136 valence electrons. The lowest BCUT2D eigenvalue weighted by Crippen LogP contribution is -2.27. The van der Waals surface area contributed by atoms with Gasteiger partial charge in [-0.2, -0.15) is 0 Å². The Morgan fingerprint density at radius 2 is 1.84 bits per heavy atom. The number of nitrogens with zero attached hydrogens (tertiary/aromatic N) is 1. The Kier molecular flexibility index (Phi) is 9.15. The molecule has 2 nitrogen and oxygen atoms in total. The molecule has 1 aliphatic carbocycles. The fourth-order valence-corrected chi connectivity index (χ4v) is 2.78. The van der Waals surface area contributed by atoms with Crippen LogP contribution in [0.25, 0.3) is 0 Å². The second-order valence-electron chi connectivity index (χ2n) is 6.36. The van der Waals surface area contributed by atoms with Crippen molar-refractivity contribution in [3.8, 4) is 0 Å². The minimum atomic E-state index is -0.914. The molecule has 0 saturated heterocycles. The summed E-state index contributed by atoms with van der Waals surface area (Å²) in [5, 5.41) is 11.3. The van der Waals surface area contributed by atoms with Crippen LogP contribution in [0, 0.1) is 12.8 Å². The largest absolute Gasteiger partial charge is 0.380 e. The van der Waals surface area contributed by atoms with E-state index in [1.165, 1.54) is 18.4 Å². The van der Waals surface area contributed by atoms with E-state index in [-0.39, 0.29) is 0 Å². The molecule has 1 aliphatic rings. The Bertz CT molecular complexity index is 619. The Labute approximate surface area is 153 Å². The average Bonchev–Trinajstić information content (AvgIpc) is 3.47. The molecule has 2 heteroatoms. The van der Waals surface area contributed by atoms with Crippen molar-refractivity contribution in [3.63, 3.8) is 0 Å². The number of allylic oxidation sites excluding steroid dienone is 1. The SMILES string of the molecule is C=CC.CC.Cc1cccc(C(O)(CCC2CC2)c2cccnc2)c1. The Hall–Kier alpha value is -1.93. The van der Waals surface area contributed by atoms with Gasteiger partial charge in [-0.25, -0.2) is 0 Å². The number of benzene rings is 1. The molecule has 2 aromatic rings. The van der Waals surface area contributed by atoms with Gasteiger partial charge in [0, 0.05) is 18.0 Å². The van der Waals surface area contributed by atoms with E-state index in [0.717, 1.165) is 29.9 Å². The normalized spacial score (nSPS) is 14.9. The zero-order valence-corrected chi connectivity index (χ0v) is 16.2.